The van der Waals surface area contributed by atoms with Crippen LogP contribution in [0.2, 0.25) is 0 Å². The second-order valence-electron chi connectivity index (χ2n) is 14.9. The van der Waals surface area contributed by atoms with E-state index in [1.807, 2.05) is 17.5 Å². The maximum atomic E-state index is 14.1. The molecule has 2 aliphatic heterocycles. The first-order valence-electron chi connectivity index (χ1n) is 24.5. The van der Waals surface area contributed by atoms with Gasteiger partial charge in [0.05, 0.1) is 61.5 Å². The second kappa shape index (κ2) is 21.8. The van der Waals surface area contributed by atoms with Gasteiger partial charge in [0.25, 0.3) is 22.5 Å². The number of hydrogen-bond acceptors (Lipinski definition) is 13. The fraction of sp³-hybridized carbons (Fsp3) is 0.120. The monoisotopic (exact) mass is 1060 g/mol. The molecule has 2 aliphatic rings. The number of carbonyl (C=O) groups is 4. The lowest BCUT2D eigenvalue weighted by Crippen LogP contribution is -2.32. The molecule has 21 heteroatoms. The van der Waals surface area contributed by atoms with Crippen LogP contribution in [-0.4, -0.2) is 45.7 Å². The lowest BCUT2D eigenvalue weighted by molar-refractivity contribution is -0.385. The van der Waals surface area contributed by atoms with Gasteiger partial charge in [0.2, 0.25) is 0 Å². The number of carbonyl (C=O) groups excluding carboxylic acids is 4. The molecule has 0 saturated heterocycles. The summed E-state index contributed by atoms with van der Waals surface area (Å²) in [6.07, 6.45) is 0.376. The number of benzene rings is 4. The maximum Gasteiger partial charge on any atom is 0.269 e. The fourth-order valence-corrected chi connectivity index (χ4v) is 11.7. The maximum absolute atomic E-state index is 14.1. The first-order chi connectivity index (χ1) is 37.4. The summed E-state index contributed by atoms with van der Waals surface area (Å²) in [6.45, 7) is 0.863. The number of amides is 1. The van der Waals surface area contributed by atoms with Gasteiger partial charge in [-0.2, -0.15) is 0 Å². The molecule has 0 spiro atoms. The van der Waals surface area contributed by atoms with Crippen molar-refractivity contribution in [2.24, 2.45) is 0 Å². The number of nitro benzene ring substituents is 2. The van der Waals surface area contributed by atoms with Gasteiger partial charge in [-0.15, -0.1) is 45.3 Å². The molecule has 71 heavy (non-hydrogen) atoms. The number of anilines is 2. The normalized spacial score (nSPS) is 13.7. The topological polar surface area (TPSA) is 170 Å². The van der Waals surface area contributed by atoms with Crippen LogP contribution in [0.15, 0.2) is 120 Å². The molecular weight excluding hydrogens is 1020 g/mol. The first kappa shape index (κ1) is 40.5. The van der Waals surface area contributed by atoms with E-state index in [9.17, 15) is 57.0 Å². The molecular formula is C50H33ClF4N4O8S4. The van der Waals surface area contributed by atoms with Crippen molar-refractivity contribution in [3.8, 4) is 19.5 Å². The van der Waals surface area contributed by atoms with Crippen LogP contribution in [0.25, 0.3) is 19.5 Å². The van der Waals surface area contributed by atoms with Gasteiger partial charge in [0.15, 0.2) is 11.6 Å². The van der Waals surface area contributed by atoms with Crippen LogP contribution >= 0.6 is 56.9 Å². The van der Waals surface area contributed by atoms with Crippen LogP contribution < -0.4 is 10.2 Å². The molecule has 0 fully saturated rings. The van der Waals surface area contributed by atoms with Crippen LogP contribution in [0.5, 0.6) is 0 Å². The molecule has 0 radical (unpaired) electrons. The number of nitro groups is 2. The predicted octanol–water partition coefficient (Wildman–Crippen LogP) is 13.4. The van der Waals surface area contributed by atoms with E-state index in [1.54, 1.807) is 28.8 Å². The third-order valence-corrected chi connectivity index (χ3v) is 15.3. The van der Waals surface area contributed by atoms with Crippen LogP contribution in [0, 0.1) is 43.5 Å². The first-order valence-corrected chi connectivity index (χ1v) is 24.3. The largest absolute Gasteiger partial charge is 0.384 e. The van der Waals surface area contributed by atoms with E-state index in [0.717, 1.165) is 63.0 Å². The summed E-state index contributed by atoms with van der Waals surface area (Å²) in [4.78, 5) is 75.3. The summed E-state index contributed by atoms with van der Waals surface area (Å²) in [7, 11) is 0. The Kier molecular flexibility index (Phi) is 12.4. The molecule has 4 aromatic heterocycles. The molecule has 6 heterocycles. The predicted molar refractivity (Wildman–Crippen MR) is 268 cm³/mol. The highest BCUT2D eigenvalue weighted by molar-refractivity contribution is 7.23. The van der Waals surface area contributed by atoms with E-state index in [1.165, 1.54) is 51.8 Å². The van der Waals surface area contributed by atoms with Crippen molar-refractivity contribution in [3.63, 3.8) is 0 Å². The number of nitrogens with zero attached hydrogens (tertiary/aromatic N) is 3. The molecule has 8 aromatic rings. The fourth-order valence-electron chi connectivity index (χ4n) is 7.13. The van der Waals surface area contributed by atoms with E-state index < -0.39 is 127 Å². The number of hydrogen-bond donors (Lipinski definition) is 1. The minimum Gasteiger partial charge on any atom is -0.384 e. The Balaban J connectivity index is 0.000000174. The van der Waals surface area contributed by atoms with Crippen molar-refractivity contribution in [2.45, 2.75) is 25.7 Å². The lowest BCUT2D eigenvalue weighted by atomic mass is 10.1. The van der Waals surface area contributed by atoms with Gasteiger partial charge >= 0.3 is 0 Å². The van der Waals surface area contributed by atoms with Crippen LogP contribution in [-0.2, 0) is 25.7 Å². The smallest absolute Gasteiger partial charge is 0.269 e. The summed E-state index contributed by atoms with van der Waals surface area (Å²) in [5, 5.41) is 27.7. The standard InChI is InChI=1S/C25H16F2N2O4S2.C18H13F2NOS2.C7H4ClNO3/c26-18-2-1-3-19(27)17(18)13-21(30)22-12-15-8-10-28(20-9-11-34-24(20)23(15)35-22)25(31)14-4-6-16(7-5-14)29(32)33;19-12-2-1-3-13(20)11(12)9-15(22)16-8-10-4-6-21-14-5-7-23-18(14)17(10)24-16;8-7(10)5-1-3-6(4-2-5)9(11)12/h1-7,9,11-12H,8,10,13H2;1-3,5,7-8,21H,4,6,9H2;1-4H/i4D,5D,6D,7D;;1D,2D,3D,4D. The molecule has 360 valence electrons. The molecule has 0 bridgehead atoms. The molecule has 1 amide bonds. The molecule has 0 saturated carbocycles. The summed E-state index contributed by atoms with van der Waals surface area (Å²) in [6, 6.07) is 7.36. The van der Waals surface area contributed by atoms with Crippen molar-refractivity contribution in [1.29, 1.82) is 0 Å². The van der Waals surface area contributed by atoms with Gasteiger partial charge in [-0.1, -0.05) is 12.1 Å². The number of thiophene rings is 4. The molecule has 10 rings (SSSR count). The summed E-state index contributed by atoms with van der Waals surface area (Å²) in [5.74, 6) is -4.52. The lowest BCUT2D eigenvalue weighted by Gasteiger charge is -2.21. The Morgan fingerprint density at radius 3 is 1.62 bits per heavy atom. The van der Waals surface area contributed by atoms with Crippen molar-refractivity contribution < 1.29 is 57.6 Å². The molecule has 1 N–H and O–H groups in total. The molecule has 4 aromatic carbocycles. The second-order valence-corrected chi connectivity index (χ2v) is 19.2. The highest BCUT2D eigenvalue weighted by Crippen LogP contribution is 2.46. The average molecular weight is 1070 g/mol. The zero-order valence-corrected chi connectivity index (χ0v) is 39.8. The average Bonchev–Trinajstić information content (AvgIpc) is 4.33. The number of fused-ring (bicyclic) bond motifs is 6. The highest BCUT2D eigenvalue weighted by Gasteiger charge is 2.30. The van der Waals surface area contributed by atoms with Crippen molar-refractivity contribution in [1.82, 2.24) is 0 Å². The number of ketones is 2. The Labute approximate surface area is 433 Å². The van der Waals surface area contributed by atoms with E-state index in [2.05, 4.69) is 5.32 Å². The molecule has 0 atom stereocenters. The minimum absolute atomic E-state index is 0.0540. The van der Waals surface area contributed by atoms with Gasteiger partial charge in [-0.25, -0.2) is 17.6 Å². The molecule has 0 unspecified atom stereocenters. The van der Waals surface area contributed by atoms with Crippen molar-refractivity contribution in [2.75, 3.05) is 23.3 Å². The van der Waals surface area contributed by atoms with Gasteiger partial charge in [-0.3, -0.25) is 39.4 Å². The Morgan fingerprint density at radius 2 is 1.11 bits per heavy atom. The molecule has 0 aliphatic carbocycles. The Bertz CT molecular complexity index is 3730. The van der Waals surface area contributed by atoms with Crippen LogP contribution in [0.1, 0.15) is 73.3 Å². The quantitative estimate of drug-likeness (QED) is 0.0460. The summed E-state index contributed by atoms with van der Waals surface area (Å²) < 4.78 is 117. The van der Waals surface area contributed by atoms with E-state index in [0.29, 0.717) is 25.2 Å². The van der Waals surface area contributed by atoms with E-state index in [4.69, 9.17) is 22.6 Å². The number of rotatable bonds is 10. The SMILES string of the molecule is O=C(Cc1c(F)cccc1F)c1cc2c(s1)-c1sccc1NCC2.[2H]c1c([2H])c([N+](=O)[O-])c([2H])c([2H])c1C(=O)Cl.[2H]c1c([2H])c([N+](=O)[O-])c([2H])c([2H])c1C(=O)N1CCc2cc(C(=O)Cc3c(F)cccc3F)sc2-c2sccc21. The van der Waals surface area contributed by atoms with Crippen LogP contribution in [0.3, 0.4) is 0 Å². The summed E-state index contributed by atoms with van der Waals surface area (Å²) in [5.41, 5.74) is -0.374. The Hall–Kier alpha value is -7.23. The number of Topliss-reactive ketones (excluding diaryl/α,β-unsaturated/α-hetero) is 2. The third-order valence-electron chi connectivity index (χ3n) is 10.5. The van der Waals surface area contributed by atoms with Gasteiger partial charge in [0.1, 0.15) is 23.3 Å². The Morgan fingerprint density at radius 1 is 0.648 bits per heavy atom. The van der Waals surface area contributed by atoms with Gasteiger partial charge in [0, 0.05) is 72.4 Å². The highest BCUT2D eigenvalue weighted by atomic mass is 35.5. The van der Waals surface area contributed by atoms with E-state index in [-0.39, 0.29) is 36.3 Å². The molecule has 12 nitrogen and oxygen atoms in total. The van der Waals surface area contributed by atoms with E-state index >= 15 is 0 Å². The zero-order chi connectivity index (χ0) is 57.5. The van der Waals surface area contributed by atoms with Crippen molar-refractivity contribution in [3.05, 3.63) is 206 Å². The van der Waals surface area contributed by atoms with Crippen LogP contribution in [0.4, 0.5) is 40.3 Å². The minimum atomic E-state index is -1.19. The zero-order valence-electron chi connectivity index (χ0n) is 43.8. The van der Waals surface area contributed by atoms with Crippen molar-refractivity contribution >= 4 is 102 Å². The number of halogens is 5. The third kappa shape index (κ3) is 11.2. The van der Waals surface area contributed by atoms with Gasteiger partial charge in [-0.05, 0) is 119 Å². The number of nitrogens with one attached hydrogen (secondary N) is 1. The van der Waals surface area contributed by atoms with Gasteiger partial charge < -0.3 is 10.2 Å². The summed E-state index contributed by atoms with van der Waals surface area (Å²) >= 11 is 10.5.